The quantitative estimate of drug-likeness (QED) is 0.481. The van der Waals surface area contributed by atoms with E-state index in [9.17, 15) is 4.79 Å². The lowest BCUT2D eigenvalue weighted by Gasteiger charge is -2.05. The zero-order valence-corrected chi connectivity index (χ0v) is 9.78. The molecule has 1 aromatic carbocycles. The third-order valence-corrected chi connectivity index (χ3v) is 2.06. The summed E-state index contributed by atoms with van der Waals surface area (Å²) in [6.07, 6.45) is 0. The van der Waals surface area contributed by atoms with E-state index in [1.165, 1.54) is 0 Å². The molecule has 0 aliphatic heterocycles. The molecule has 0 aliphatic rings. The number of hydrogen-bond acceptors (Lipinski definition) is 4. The number of ether oxygens (including phenoxy) is 1. The number of benzene rings is 1. The molecule has 0 aromatic heterocycles. The molecule has 4 heteroatoms. The topological polar surface area (TPSA) is 50.7 Å². The van der Waals surface area contributed by atoms with Crippen LogP contribution in [0.1, 0.15) is 19.4 Å². The van der Waals surface area contributed by atoms with Crippen molar-refractivity contribution in [3.63, 3.8) is 0 Å². The molecule has 0 amide bonds. The smallest absolute Gasteiger partial charge is 0.354 e. The van der Waals surface area contributed by atoms with Crippen molar-refractivity contribution in [2.45, 2.75) is 20.8 Å². The summed E-state index contributed by atoms with van der Waals surface area (Å²) >= 11 is 0. The molecule has 0 radical (unpaired) electrons. The zero-order chi connectivity index (χ0) is 12.0. The van der Waals surface area contributed by atoms with Crippen molar-refractivity contribution in [1.82, 2.24) is 0 Å². The highest BCUT2D eigenvalue weighted by molar-refractivity contribution is 6.35. The first-order chi connectivity index (χ1) is 7.65. The van der Waals surface area contributed by atoms with Gasteiger partial charge in [-0.3, -0.25) is 5.43 Å². The fourth-order valence-electron chi connectivity index (χ4n) is 1.12. The van der Waals surface area contributed by atoms with Crippen LogP contribution in [0.3, 0.4) is 0 Å². The van der Waals surface area contributed by atoms with E-state index < -0.39 is 5.97 Å². The van der Waals surface area contributed by atoms with E-state index in [1.54, 1.807) is 13.8 Å². The number of esters is 1. The van der Waals surface area contributed by atoms with E-state index in [0.29, 0.717) is 12.3 Å². The minimum Gasteiger partial charge on any atom is -0.461 e. The summed E-state index contributed by atoms with van der Waals surface area (Å²) in [6, 6.07) is 7.72. The predicted octanol–water partition coefficient (Wildman–Crippen LogP) is 2.35. The Kier molecular flexibility index (Phi) is 4.51. The van der Waals surface area contributed by atoms with Gasteiger partial charge >= 0.3 is 5.97 Å². The largest absolute Gasteiger partial charge is 0.461 e. The lowest BCUT2D eigenvalue weighted by atomic mass is 10.2. The molecule has 1 rings (SSSR count). The molecule has 0 unspecified atom stereocenters. The second kappa shape index (κ2) is 5.90. The fraction of sp³-hybridized carbons (Fsp3) is 0.333. The number of hydrazone groups is 1. The number of aryl methyl sites for hydroxylation is 1. The van der Waals surface area contributed by atoms with Gasteiger partial charge in [-0.1, -0.05) is 18.2 Å². The highest BCUT2D eigenvalue weighted by Gasteiger charge is 2.05. The van der Waals surface area contributed by atoms with Crippen LogP contribution in [0.5, 0.6) is 0 Å². The first kappa shape index (κ1) is 12.2. The van der Waals surface area contributed by atoms with E-state index in [4.69, 9.17) is 4.74 Å². The molecule has 86 valence electrons. The molecule has 16 heavy (non-hydrogen) atoms. The van der Waals surface area contributed by atoms with Gasteiger partial charge in [-0.2, -0.15) is 5.10 Å². The number of para-hydroxylation sites is 1. The molecule has 0 bridgehead atoms. The average molecular weight is 220 g/mol. The lowest BCUT2D eigenvalue weighted by molar-refractivity contribution is -0.135. The summed E-state index contributed by atoms with van der Waals surface area (Å²) in [5.74, 6) is -0.399. The van der Waals surface area contributed by atoms with Crippen molar-refractivity contribution in [3.8, 4) is 0 Å². The van der Waals surface area contributed by atoms with Gasteiger partial charge in [-0.25, -0.2) is 4.79 Å². The Balaban J connectivity index is 2.66. The van der Waals surface area contributed by atoms with Crippen LogP contribution in [-0.4, -0.2) is 18.3 Å². The zero-order valence-electron chi connectivity index (χ0n) is 9.78. The van der Waals surface area contributed by atoms with E-state index in [0.717, 1.165) is 11.3 Å². The van der Waals surface area contributed by atoms with E-state index in [-0.39, 0.29) is 0 Å². The molecule has 0 saturated heterocycles. The molecule has 0 fully saturated rings. The molecule has 1 aromatic rings. The SMILES string of the molecule is CCOC(=O)/C(C)=N\Nc1ccccc1C. The molecular formula is C12H16N2O2. The fourth-order valence-corrected chi connectivity index (χ4v) is 1.12. The van der Waals surface area contributed by atoms with Crippen LogP contribution in [0, 0.1) is 6.92 Å². The van der Waals surface area contributed by atoms with Crippen LogP contribution in [0.15, 0.2) is 29.4 Å². The van der Waals surface area contributed by atoms with Crippen molar-refractivity contribution in [1.29, 1.82) is 0 Å². The van der Waals surface area contributed by atoms with Crippen molar-refractivity contribution in [3.05, 3.63) is 29.8 Å². The van der Waals surface area contributed by atoms with E-state index >= 15 is 0 Å². The minimum absolute atomic E-state index is 0.310. The Bertz CT molecular complexity index is 400. The third kappa shape index (κ3) is 3.38. The van der Waals surface area contributed by atoms with Crippen LogP contribution in [0.4, 0.5) is 5.69 Å². The Morgan fingerprint density at radius 1 is 1.44 bits per heavy atom. The third-order valence-electron chi connectivity index (χ3n) is 2.06. The van der Waals surface area contributed by atoms with Crippen molar-refractivity contribution in [2.75, 3.05) is 12.0 Å². The average Bonchev–Trinajstić information content (AvgIpc) is 2.28. The molecular weight excluding hydrogens is 204 g/mol. The van der Waals surface area contributed by atoms with Crippen molar-refractivity contribution < 1.29 is 9.53 Å². The first-order valence-corrected chi connectivity index (χ1v) is 5.18. The normalized spacial score (nSPS) is 11.1. The van der Waals surface area contributed by atoms with Crippen molar-refractivity contribution >= 4 is 17.4 Å². The van der Waals surface area contributed by atoms with Gasteiger partial charge in [0, 0.05) is 0 Å². The van der Waals surface area contributed by atoms with Gasteiger partial charge in [0.15, 0.2) is 0 Å². The number of anilines is 1. The number of carbonyl (C=O) groups excluding carboxylic acids is 1. The number of hydrogen-bond donors (Lipinski definition) is 1. The minimum atomic E-state index is -0.399. The number of nitrogens with zero attached hydrogens (tertiary/aromatic N) is 1. The molecule has 0 atom stereocenters. The summed E-state index contributed by atoms with van der Waals surface area (Å²) in [5.41, 5.74) is 5.10. The standard InChI is InChI=1S/C12H16N2O2/c1-4-16-12(15)10(3)13-14-11-8-6-5-7-9(11)2/h5-8,14H,4H2,1-3H3/b13-10-. The van der Waals surface area contributed by atoms with Crippen molar-refractivity contribution in [2.24, 2.45) is 5.10 Å². The molecule has 1 N–H and O–H groups in total. The van der Waals surface area contributed by atoms with Gasteiger partial charge < -0.3 is 4.74 Å². The first-order valence-electron chi connectivity index (χ1n) is 5.18. The van der Waals surface area contributed by atoms with Crippen LogP contribution >= 0.6 is 0 Å². The Morgan fingerprint density at radius 2 is 2.12 bits per heavy atom. The second-order valence-electron chi connectivity index (χ2n) is 3.34. The second-order valence-corrected chi connectivity index (χ2v) is 3.34. The van der Waals surface area contributed by atoms with Crippen LogP contribution in [0.2, 0.25) is 0 Å². The van der Waals surface area contributed by atoms with Gasteiger partial charge in [0.1, 0.15) is 5.71 Å². The number of carbonyl (C=O) groups is 1. The van der Waals surface area contributed by atoms with Gasteiger partial charge in [-0.15, -0.1) is 0 Å². The maximum absolute atomic E-state index is 11.3. The maximum atomic E-state index is 11.3. The Hall–Kier alpha value is -1.84. The predicted molar refractivity (Wildman–Crippen MR) is 64.5 cm³/mol. The van der Waals surface area contributed by atoms with Crippen LogP contribution in [0.25, 0.3) is 0 Å². The van der Waals surface area contributed by atoms with Gasteiger partial charge in [0.05, 0.1) is 12.3 Å². The maximum Gasteiger partial charge on any atom is 0.354 e. The molecule has 0 heterocycles. The Labute approximate surface area is 95.3 Å². The van der Waals surface area contributed by atoms with Gasteiger partial charge in [0.25, 0.3) is 0 Å². The highest BCUT2D eigenvalue weighted by atomic mass is 16.5. The molecule has 0 saturated carbocycles. The van der Waals surface area contributed by atoms with Crippen LogP contribution in [-0.2, 0) is 9.53 Å². The summed E-state index contributed by atoms with van der Waals surface area (Å²) in [4.78, 5) is 11.3. The summed E-state index contributed by atoms with van der Waals surface area (Å²) in [5, 5.41) is 3.97. The summed E-state index contributed by atoms with van der Waals surface area (Å²) in [6.45, 7) is 5.71. The van der Waals surface area contributed by atoms with Crippen LogP contribution < -0.4 is 5.43 Å². The highest BCUT2D eigenvalue weighted by Crippen LogP contribution is 2.12. The summed E-state index contributed by atoms with van der Waals surface area (Å²) < 4.78 is 4.81. The van der Waals surface area contributed by atoms with E-state index in [1.807, 2.05) is 31.2 Å². The molecule has 4 nitrogen and oxygen atoms in total. The number of nitrogens with one attached hydrogen (secondary N) is 1. The van der Waals surface area contributed by atoms with Gasteiger partial charge in [-0.05, 0) is 32.4 Å². The molecule has 0 aliphatic carbocycles. The van der Waals surface area contributed by atoms with E-state index in [2.05, 4.69) is 10.5 Å². The Morgan fingerprint density at radius 3 is 2.75 bits per heavy atom. The summed E-state index contributed by atoms with van der Waals surface area (Å²) in [7, 11) is 0. The number of rotatable bonds is 4. The lowest BCUT2D eigenvalue weighted by Crippen LogP contribution is -2.15. The van der Waals surface area contributed by atoms with Gasteiger partial charge in [0.2, 0.25) is 0 Å². The molecule has 0 spiro atoms. The monoisotopic (exact) mass is 220 g/mol.